The number of likely N-dealkylation sites (N-methyl/N-ethyl adjacent to an activating group) is 1. The Morgan fingerprint density at radius 1 is 1.35 bits per heavy atom. The molecule has 1 aromatic carbocycles. The van der Waals surface area contributed by atoms with Gasteiger partial charge in [0.25, 0.3) is 0 Å². The Balaban J connectivity index is 1.92. The van der Waals surface area contributed by atoms with Gasteiger partial charge in [-0.3, -0.25) is 4.79 Å². The van der Waals surface area contributed by atoms with E-state index in [-0.39, 0.29) is 11.3 Å². The average molecular weight is 295 g/mol. The van der Waals surface area contributed by atoms with E-state index >= 15 is 0 Å². The smallest absolute Gasteiger partial charge is 0.230 e. The van der Waals surface area contributed by atoms with Crippen LogP contribution in [0.3, 0.4) is 0 Å². The zero-order chi connectivity index (χ0) is 14.6. The van der Waals surface area contributed by atoms with Gasteiger partial charge in [-0.1, -0.05) is 37.6 Å². The molecule has 0 unspecified atom stereocenters. The van der Waals surface area contributed by atoms with Crippen LogP contribution in [0.2, 0.25) is 5.02 Å². The molecule has 1 fully saturated rings. The second-order valence-corrected chi connectivity index (χ2v) is 5.81. The van der Waals surface area contributed by atoms with Gasteiger partial charge in [-0.05, 0) is 43.6 Å². The largest absolute Gasteiger partial charge is 0.354 e. The maximum atomic E-state index is 12.4. The summed E-state index contributed by atoms with van der Waals surface area (Å²) >= 11 is 6.03. The molecule has 0 bridgehead atoms. The van der Waals surface area contributed by atoms with Gasteiger partial charge in [0.2, 0.25) is 5.91 Å². The molecule has 1 aliphatic carbocycles. The molecule has 1 aromatic rings. The molecule has 4 heteroatoms. The first-order chi connectivity index (χ1) is 9.62. The lowest BCUT2D eigenvalue weighted by molar-refractivity contribution is -0.123. The van der Waals surface area contributed by atoms with E-state index in [0.717, 1.165) is 38.0 Å². The second-order valence-electron chi connectivity index (χ2n) is 5.38. The van der Waals surface area contributed by atoms with Crippen LogP contribution < -0.4 is 5.32 Å². The van der Waals surface area contributed by atoms with Crippen LogP contribution >= 0.6 is 11.6 Å². The molecule has 0 radical (unpaired) electrons. The number of hydrogen-bond acceptors (Lipinski definition) is 2. The van der Waals surface area contributed by atoms with Crippen LogP contribution in [0.4, 0.5) is 0 Å². The summed E-state index contributed by atoms with van der Waals surface area (Å²) in [5.74, 6) is 0.145. The highest BCUT2D eigenvalue weighted by molar-refractivity contribution is 6.30. The van der Waals surface area contributed by atoms with Crippen molar-refractivity contribution in [2.24, 2.45) is 0 Å². The van der Waals surface area contributed by atoms with Gasteiger partial charge < -0.3 is 10.2 Å². The van der Waals surface area contributed by atoms with E-state index in [4.69, 9.17) is 11.6 Å². The molecule has 3 nitrogen and oxygen atoms in total. The highest BCUT2D eigenvalue weighted by atomic mass is 35.5. The van der Waals surface area contributed by atoms with Crippen molar-refractivity contribution in [2.75, 3.05) is 26.2 Å². The number of amides is 1. The van der Waals surface area contributed by atoms with Gasteiger partial charge in [-0.15, -0.1) is 0 Å². The maximum Gasteiger partial charge on any atom is 0.230 e. The van der Waals surface area contributed by atoms with E-state index in [1.54, 1.807) is 0 Å². The first-order valence-corrected chi connectivity index (χ1v) is 7.77. The van der Waals surface area contributed by atoms with Crippen molar-refractivity contribution in [3.05, 3.63) is 34.9 Å². The first kappa shape index (κ1) is 15.3. The number of nitrogens with zero attached hydrogens (tertiary/aromatic N) is 1. The lowest BCUT2D eigenvalue weighted by atomic mass is 9.95. The Kier molecular flexibility index (Phi) is 5.06. The summed E-state index contributed by atoms with van der Waals surface area (Å²) in [6, 6.07) is 7.68. The van der Waals surface area contributed by atoms with E-state index in [0.29, 0.717) is 11.6 Å². The molecule has 0 heterocycles. The predicted molar refractivity (Wildman–Crippen MR) is 83.2 cm³/mol. The summed E-state index contributed by atoms with van der Waals surface area (Å²) in [7, 11) is 0. The standard InChI is InChI=1S/C16H23ClN2O/c1-3-19(4-2)11-10-18-15(20)16(8-9-16)13-6-5-7-14(17)12-13/h5-7,12H,3-4,8-11H2,1-2H3,(H,18,20). The Hall–Kier alpha value is -1.06. The monoisotopic (exact) mass is 294 g/mol. The van der Waals surface area contributed by atoms with Crippen LogP contribution in [0, 0.1) is 0 Å². The van der Waals surface area contributed by atoms with Crippen molar-refractivity contribution in [1.82, 2.24) is 10.2 Å². The molecule has 20 heavy (non-hydrogen) atoms. The van der Waals surface area contributed by atoms with Crippen LogP contribution in [-0.2, 0) is 10.2 Å². The fourth-order valence-electron chi connectivity index (χ4n) is 2.59. The van der Waals surface area contributed by atoms with Gasteiger partial charge in [0.15, 0.2) is 0 Å². The lowest BCUT2D eigenvalue weighted by Gasteiger charge is -2.20. The fraction of sp³-hybridized carbons (Fsp3) is 0.562. The van der Waals surface area contributed by atoms with Crippen molar-refractivity contribution in [3.63, 3.8) is 0 Å². The molecule has 0 saturated heterocycles. The number of carbonyl (C=O) groups is 1. The molecule has 110 valence electrons. The third kappa shape index (κ3) is 3.33. The van der Waals surface area contributed by atoms with Crippen LogP contribution in [0.25, 0.3) is 0 Å². The zero-order valence-electron chi connectivity index (χ0n) is 12.3. The van der Waals surface area contributed by atoms with Gasteiger partial charge in [0.05, 0.1) is 5.41 Å². The van der Waals surface area contributed by atoms with Crippen LogP contribution in [0.15, 0.2) is 24.3 Å². The minimum Gasteiger partial charge on any atom is -0.354 e. The summed E-state index contributed by atoms with van der Waals surface area (Å²) in [6.07, 6.45) is 1.84. The number of rotatable bonds is 7. The quantitative estimate of drug-likeness (QED) is 0.839. The van der Waals surface area contributed by atoms with E-state index < -0.39 is 0 Å². The van der Waals surface area contributed by atoms with Gasteiger partial charge in [-0.25, -0.2) is 0 Å². The Labute approximate surface area is 126 Å². The van der Waals surface area contributed by atoms with Crippen molar-refractivity contribution >= 4 is 17.5 Å². The van der Waals surface area contributed by atoms with Crippen LogP contribution in [0.1, 0.15) is 32.3 Å². The molecule has 2 rings (SSSR count). The summed E-state index contributed by atoms with van der Waals surface area (Å²) in [6.45, 7) is 7.93. The minimum absolute atomic E-state index is 0.145. The van der Waals surface area contributed by atoms with E-state index in [1.165, 1.54) is 0 Å². The molecular weight excluding hydrogens is 272 g/mol. The van der Waals surface area contributed by atoms with Gasteiger partial charge >= 0.3 is 0 Å². The summed E-state index contributed by atoms with van der Waals surface area (Å²) in [5, 5.41) is 3.78. The third-order valence-corrected chi connectivity index (χ3v) is 4.40. The maximum absolute atomic E-state index is 12.4. The number of benzene rings is 1. The molecule has 1 saturated carbocycles. The number of hydrogen-bond donors (Lipinski definition) is 1. The molecule has 0 atom stereocenters. The highest BCUT2D eigenvalue weighted by Gasteiger charge is 2.51. The molecule has 0 aromatic heterocycles. The molecular formula is C16H23ClN2O. The summed E-state index contributed by atoms with van der Waals surface area (Å²) < 4.78 is 0. The summed E-state index contributed by atoms with van der Waals surface area (Å²) in [5.41, 5.74) is 0.721. The normalized spacial score (nSPS) is 16.2. The van der Waals surface area contributed by atoms with Crippen molar-refractivity contribution in [3.8, 4) is 0 Å². The second kappa shape index (κ2) is 6.59. The van der Waals surface area contributed by atoms with Crippen molar-refractivity contribution in [1.29, 1.82) is 0 Å². The Bertz CT molecular complexity index is 467. The lowest BCUT2D eigenvalue weighted by Crippen LogP contribution is -2.39. The number of carbonyl (C=O) groups excluding carboxylic acids is 1. The number of nitrogens with one attached hydrogen (secondary N) is 1. The molecule has 0 aliphatic heterocycles. The van der Waals surface area contributed by atoms with Gasteiger partial charge in [0, 0.05) is 18.1 Å². The first-order valence-electron chi connectivity index (χ1n) is 7.39. The zero-order valence-corrected chi connectivity index (χ0v) is 13.0. The van der Waals surface area contributed by atoms with E-state index in [2.05, 4.69) is 24.1 Å². The molecule has 1 aliphatic rings. The highest BCUT2D eigenvalue weighted by Crippen LogP contribution is 2.48. The summed E-state index contributed by atoms with van der Waals surface area (Å²) in [4.78, 5) is 14.7. The topological polar surface area (TPSA) is 32.3 Å². The van der Waals surface area contributed by atoms with Crippen LogP contribution in [-0.4, -0.2) is 37.0 Å². The van der Waals surface area contributed by atoms with E-state index in [1.807, 2.05) is 24.3 Å². The average Bonchev–Trinajstić information content (AvgIpc) is 3.25. The predicted octanol–water partition coefficient (Wildman–Crippen LogP) is 2.83. The third-order valence-electron chi connectivity index (χ3n) is 4.17. The van der Waals surface area contributed by atoms with Gasteiger partial charge in [0.1, 0.15) is 0 Å². The Morgan fingerprint density at radius 2 is 2.05 bits per heavy atom. The number of halogens is 1. The fourth-order valence-corrected chi connectivity index (χ4v) is 2.78. The molecule has 1 amide bonds. The van der Waals surface area contributed by atoms with Crippen molar-refractivity contribution < 1.29 is 4.79 Å². The molecule has 0 spiro atoms. The SMILES string of the molecule is CCN(CC)CCNC(=O)C1(c2cccc(Cl)c2)CC1. The van der Waals surface area contributed by atoms with E-state index in [9.17, 15) is 4.79 Å². The van der Waals surface area contributed by atoms with Gasteiger partial charge in [-0.2, -0.15) is 0 Å². The molecule has 1 N–H and O–H groups in total. The Morgan fingerprint density at radius 3 is 2.60 bits per heavy atom. The van der Waals surface area contributed by atoms with Crippen LogP contribution in [0.5, 0.6) is 0 Å². The minimum atomic E-state index is -0.325. The van der Waals surface area contributed by atoms with Crippen molar-refractivity contribution in [2.45, 2.75) is 32.1 Å².